The number of anilines is 2. The van der Waals surface area contributed by atoms with E-state index >= 15 is 0 Å². The number of rotatable bonds is 4. The summed E-state index contributed by atoms with van der Waals surface area (Å²) in [4.78, 5) is 0. The summed E-state index contributed by atoms with van der Waals surface area (Å²) in [7, 11) is 0. The third-order valence-electron chi connectivity index (χ3n) is 3.46. The van der Waals surface area contributed by atoms with E-state index in [-0.39, 0.29) is 0 Å². The fraction of sp³-hybridized carbons (Fsp3) is 0.176. The predicted molar refractivity (Wildman–Crippen MR) is 86.1 cm³/mol. The smallest absolute Gasteiger partial charge is 0.0484 e. The van der Waals surface area contributed by atoms with Crippen LogP contribution in [0.15, 0.2) is 54.7 Å². The van der Waals surface area contributed by atoms with Crippen molar-refractivity contribution in [1.82, 2.24) is 4.57 Å². The van der Waals surface area contributed by atoms with Crippen LogP contribution in [-0.2, 0) is 6.54 Å². The van der Waals surface area contributed by atoms with Crippen LogP contribution in [0.5, 0.6) is 0 Å². The van der Waals surface area contributed by atoms with Gasteiger partial charge in [0, 0.05) is 41.6 Å². The van der Waals surface area contributed by atoms with Crippen molar-refractivity contribution in [1.29, 1.82) is 0 Å². The van der Waals surface area contributed by atoms with Crippen molar-refractivity contribution < 1.29 is 0 Å². The predicted octanol–water partition coefficient (Wildman–Crippen LogP) is 3.70. The average Bonchev–Trinajstić information content (AvgIpc) is 2.82. The van der Waals surface area contributed by atoms with Crippen molar-refractivity contribution in [2.24, 2.45) is 0 Å². The summed E-state index contributed by atoms with van der Waals surface area (Å²) in [6.07, 6.45) is 2.13. The van der Waals surface area contributed by atoms with Crippen molar-refractivity contribution in [2.45, 2.75) is 13.5 Å². The minimum Gasteiger partial charge on any atom is -0.399 e. The van der Waals surface area contributed by atoms with E-state index in [4.69, 9.17) is 5.73 Å². The second kappa shape index (κ2) is 5.29. The molecular weight excluding hydrogens is 246 g/mol. The lowest BCUT2D eigenvalue weighted by atomic mass is 10.2. The van der Waals surface area contributed by atoms with Crippen LogP contribution in [0.25, 0.3) is 10.9 Å². The molecule has 20 heavy (non-hydrogen) atoms. The van der Waals surface area contributed by atoms with Crippen molar-refractivity contribution >= 4 is 22.3 Å². The zero-order chi connectivity index (χ0) is 13.9. The summed E-state index contributed by atoms with van der Waals surface area (Å²) in [5.41, 5.74) is 10.3. The van der Waals surface area contributed by atoms with Gasteiger partial charge in [0.05, 0.1) is 0 Å². The molecule has 0 aliphatic rings. The van der Waals surface area contributed by atoms with Crippen LogP contribution in [0.3, 0.4) is 0 Å². The molecule has 3 nitrogen and oxygen atoms in total. The molecule has 2 aromatic carbocycles. The molecule has 0 saturated carbocycles. The number of nitrogens with zero attached hydrogens (tertiary/aromatic N) is 1. The number of nitrogens with one attached hydrogen (secondary N) is 1. The van der Waals surface area contributed by atoms with Crippen molar-refractivity contribution in [3.63, 3.8) is 0 Å². The SMILES string of the molecule is CCNc1ccc2c(ccn2Cc2cccc(N)c2)c1. The first-order valence-electron chi connectivity index (χ1n) is 6.93. The molecule has 3 heteroatoms. The van der Waals surface area contributed by atoms with Crippen molar-refractivity contribution in [2.75, 3.05) is 17.6 Å². The second-order valence-corrected chi connectivity index (χ2v) is 4.99. The molecule has 0 aliphatic carbocycles. The maximum absolute atomic E-state index is 5.84. The van der Waals surface area contributed by atoms with E-state index in [1.165, 1.54) is 22.2 Å². The van der Waals surface area contributed by atoms with E-state index in [9.17, 15) is 0 Å². The molecule has 3 aromatic rings. The first kappa shape index (κ1) is 12.6. The Kier molecular flexibility index (Phi) is 3.33. The van der Waals surface area contributed by atoms with E-state index < -0.39 is 0 Å². The third-order valence-corrected chi connectivity index (χ3v) is 3.46. The molecule has 0 bridgehead atoms. The summed E-state index contributed by atoms with van der Waals surface area (Å²) < 4.78 is 2.25. The number of aromatic nitrogens is 1. The lowest BCUT2D eigenvalue weighted by Gasteiger charge is -2.08. The topological polar surface area (TPSA) is 43.0 Å². The molecule has 0 fully saturated rings. The number of fused-ring (bicyclic) bond motifs is 1. The number of hydrogen-bond donors (Lipinski definition) is 2. The molecular formula is C17H19N3. The normalized spacial score (nSPS) is 10.8. The zero-order valence-corrected chi connectivity index (χ0v) is 11.6. The maximum atomic E-state index is 5.84. The minimum absolute atomic E-state index is 0.813. The molecule has 0 amide bonds. The van der Waals surface area contributed by atoms with Crippen LogP contribution in [-0.4, -0.2) is 11.1 Å². The van der Waals surface area contributed by atoms with E-state index in [1.807, 2.05) is 18.2 Å². The highest BCUT2D eigenvalue weighted by molar-refractivity contribution is 5.83. The number of hydrogen-bond acceptors (Lipinski definition) is 2. The van der Waals surface area contributed by atoms with Gasteiger partial charge in [-0.15, -0.1) is 0 Å². The first-order valence-corrected chi connectivity index (χ1v) is 6.93. The number of nitrogen functional groups attached to an aromatic ring is 1. The van der Waals surface area contributed by atoms with Gasteiger partial charge in [-0.25, -0.2) is 0 Å². The molecule has 3 N–H and O–H groups in total. The zero-order valence-electron chi connectivity index (χ0n) is 11.6. The van der Waals surface area contributed by atoms with Gasteiger partial charge in [0.1, 0.15) is 0 Å². The molecule has 0 radical (unpaired) electrons. The van der Waals surface area contributed by atoms with Gasteiger partial charge in [-0.3, -0.25) is 0 Å². The highest BCUT2D eigenvalue weighted by atomic mass is 15.0. The van der Waals surface area contributed by atoms with Crippen LogP contribution in [0.1, 0.15) is 12.5 Å². The Labute approximate surface area is 119 Å². The molecule has 0 atom stereocenters. The van der Waals surface area contributed by atoms with Gasteiger partial charge in [0.2, 0.25) is 0 Å². The molecule has 1 aromatic heterocycles. The molecule has 0 aliphatic heterocycles. The van der Waals surface area contributed by atoms with E-state index in [0.29, 0.717) is 0 Å². The average molecular weight is 265 g/mol. The van der Waals surface area contributed by atoms with Crippen LogP contribution >= 0.6 is 0 Å². The summed E-state index contributed by atoms with van der Waals surface area (Å²) in [6, 6.07) is 16.7. The molecule has 3 rings (SSSR count). The number of nitrogens with two attached hydrogens (primary N) is 1. The molecule has 0 saturated heterocycles. The second-order valence-electron chi connectivity index (χ2n) is 4.99. The fourth-order valence-electron chi connectivity index (χ4n) is 2.54. The lowest BCUT2D eigenvalue weighted by molar-refractivity contribution is 0.837. The third kappa shape index (κ3) is 2.48. The van der Waals surface area contributed by atoms with E-state index in [2.05, 4.69) is 53.3 Å². The molecule has 1 heterocycles. The molecule has 0 spiro atoms. The molecule has 102 valence electrons. The highest BCUT2D eigenvalue weighted by Crippen LogP contribution is 2.21. The Bertz CT molecular complexity index is 728. The summed E-state index contributed by atoms with van der Waals surface area (Å²) >= 11 is 0. The van der Waals surface area contributed by atoms with Gasteiger partial charge < -0.3 is 15.6 Å². The highest BCUT2D eigenvalue weighted by Gasteiger charge is 2.03. The Balaban J connectivity index is 1.92. The van der Waals surface area contributed by atoms with Crippen molar-refractivity contribution in [3.05, 3.63) is 60.3 Å². The Morgan fingerprint density at radius 3 is 2.80 bits per heavy atom. The quantitative estimate of drug-likeness (QED) is 0.706. The van der Waals surface area contributed by atoms with Gasteiger partial charge in [-0.2, -0.15) is 0 Å². The van der Waals surface area contributed by atoms with Crippen LogP contribution < -0.4 is 11.1 Å². The monoisotopic (exact) mass is 265 g/mol. The maximum Gasteiger partial charge on any atom is 0.0484 e. The van der Waals surface area contributed by atoms with Gasteiger partial charge >= 0.3 is 0 Å². The van der Waals surface area contributed by atoms with Crippen molar-refractivity contribution in [3.8, 4) is 0 Å². The van der Waals surface area contributed by atoms with Gasteiger partial charge in [-0.1, -0.05) is 12.1 Å². The summed E-state index contributed by atoms with van der Waals surface area (Å²) in [6.45, 7) is 3.89. The van der Waals surface area contributed by atoms with E-state index in [0.717, 1.165) is 18.8 Å². The van der Waals surface area contributed by atoms with Crippen LogP contribution in [0.4, 0.5) is 11.4 Å². The fourth-order valence-corrected chi connectivity index (χ4v) is 2.54. The Morgan fingerprint density at radius 1 is 1.10 bits per heavy atom. The van der Waals surface area contributed by atoms with Crippen LogP contribution in [0.2, 0.25) is 0 Å². The Morgan fingerprint density at radius 2 is 2.00 bits per heavy atom. The van der Waals surface area contributed by atoms with Gasteiger partial charge in [0.15, 0.2) is 0 Å². The first-order chi connectivity index (χ1) is 9.76. The van der Waals surface area contributed by atoms with Gasteiger partial charge in [-0.05, 0) is 48.9 Å². The lowest BCUT2D eigenvalue weighted by Crippen LogP contribution is -1.99. The number of benzene rings is 2. The standard InChI is InChI=1S/C17H19N3/c1-2-19-16-6-7-17-14(11-16)8-9-20(17)12-13-4-3-5-15(18)10-13/h3-11,19H,2,12,18H2,1H3. The Hall–Kier alpha value is -2.42. The van der Waals surface area contributed by atoms with Crippen LogP contribution in [0, 0.1) is 0 Å². The largest absolute Gasteiger partial charge is 0.399 e. The summed E-state index contributed by atoms with van der Waals surface area (Å²) in [5, 5.41) is 4.60. The van der Waals surface area contributed by atoms with Gasteiger partial charge in [0.25, 0.3) is 0 Å². The molecule has 0 unspecified atom stereocenters. The minimum atomic E-state index is 0.813. The van der Waals surface area contributed by atoms with E-state index in [1.54, 1.807) is 0 Å². The summed E-state index contributed by atoms with van der Waals surface area (Å²) in [5.74, 6) is 0.